The van der Waals surface area contributed by atoms with E-state index in [1.165, 1.54) is 6.07 Å². The fraction of sp³-hybridized carbons (Fsp3) is 0.250. The highest BCUT2D eigenvalue weighted by molar-refractivity contribution is 9.10. The van der Waals surface area contributed by atoms with Crippen LogP contribution in [0.1, 0.15) is 18.1 Å². The zero-order valence-electron chi connectivity index (χ0n) is 11.4. The zero-order valence-corrected chi connectivity index (χ0v) is 12.9. The first-order chi connectivity index (χ1) is 9.44. The highest BCUT2D eigenvalue weighted by atomic mass is 79.9. The molecule has 0 aromatic heterocycles. The van der Waals surface area contributed by atoms with Crippen LogP contribution in [0.15, 0.2) is 46.9 Å². The third kappa shape index (κ3) is 3.19. The number of hydrogen-bond donors (Lipinski definition) is 1. The van der Waals surface area contributed by atoms with Gasteiger partial charge in [0.25, 0.3) is 0 Å². The van der Waals surface area contributed by atoms with Gasteiger partial charge in [0.1, 0.15) is 11.6 Å². The van der Waals surface area contributed by atoms with Crippen molar-refractivity contribution in [1.29, 1.82) is 0 Å². The van der Waals surface area contributed by atoms with E-state index in [9.17, 15) is 9.50 Å². The summed E-state index contributed by atoms with van der Waals surface area (Å²) in [7, 11) is 1.55. The van der Waals surface area contributed by atoms with Gasteiger partial charge in [0.2, 0.25) is 0 Å². The van der Waals surface area contributed by atoms with Crippen molar-refractivity contribution < 1.29 is 14.2 Å². The van der Waals surface area contributed by atoms with Gasteiger partial charge in [-0.15, -0.1) is 0 Å². The van der Waals surface area contributed by atoms with Crippen LogP contribution >= 0.6 is 15.9 Å². The van der Waals surface area contributed by atoms with Crippen molar-refractivity contribution in [2.24, 2.45) is 0 Å². The Bertz CT molecular complexity index is 611. The van der Waals surface area contributed by atoms with Crippen LogP contribution < -0.4 is 4.74 Å². The molecule has 0 radical (unpaired) electrons. The minimum atomic E-state index is -1.21. The predicted molar refractivity (Wildman–Crippen MR) is 80.4 cm³/mol. The van der Waals surface area contributed by atoms with Gasteiger partial charge in [-0.3, -0.25) is 0 Å². The number of ether oxygens (including phenoxy) is 1. The van der Waals surface area contributed by atoms with Crippen LogP contribution in [0.2, 0.25) is 0 Å². The number of aliphatic hydroxyl groups is 1. The summed E-state index contributed by atoms with van der Waals surface area (Å²) in [5, 5.41) is 10.7. The predicted octanol–water partition coefficient (Wildman–Crippen LogP) is 4.05. The Hall–Kier alpha value is -1.39. The summed E-state index contributed by atoms with van der Waals surface area (Å²) in [6.07, 6.45) is 0.165. The van der Waals surface area contributed by atoms with Crippen molar-refractivity contribution in [1.82, 2.24) is 0 Å². The highest BCUT2D eigenvalue weighted by Crippen LogP contribution is 2.33. The third-order valence-electron chi connectivity index (χ3n) is 3.23. The Labute approximate surface area is 126 Å². The molecule has 0 aliphatic rings. The molecule has 0 saturated carbocycles. The summed E-state index contributed by atoms with van der Waals surface area (Å²) in [6, 6.07) is 11.9. The molecule has 0 heterocycles. The van der Waals surface area contributed by atoms with E-state index in [0.717, 1.165) is 4.47 Å². The van der Waals surface area contributed by atoms with Gasteiger partial charge >= 0.3 is 0 Å². The number of benzene rings is 2. The molecule has 1 atom stereocenters. The van der Waals surface area contributed by atoms with E-state index < -0.39 is 5.60 Å². The van der Waals surface area contributed by atoms with Crippen LogP contribution in [-0.2, 0) is 12.0 Å². The maximum Gasteiger partial charge on any atom is 0.126 e. The minimum Gasteiger partial charge on any atom is -0.496 e. The third-order valence-corrected chi connectivity index (χ3v) is 3.72. The molecule has 106 valence electrons. The van der Waals surface area contributed by atoms with Gasteiger partial charge in [0.15, 0.2) is 0 Å². The average Bonchev–Trinajstić information content (AvgIpc) is 2.42. The Kier molecular flexibility index (Phi) is 4.45. The molecular weight excluding hydrogens is 323 g/mol. The van der Waals surface area contributed by atoms with Crippen LogP contribution in [0.4, 0.5) is 4.39 Å². The van der Waals surface area contributed by atoms with Crippen LogP contribution in [0.5, 0.6) is 5.75 Å². The lowest BCUT2D eigenvalue weighted by atomic mass is 9.88. The fourth-order valence-electron chi connectivity index (χ4n) is 2.23. The molecule has 1 unspecified atom stereocenters. The second-order valence-electron chi connectivity index (χ2n) is 4.89. The Balaban J connectivity index is 2.37. The van der Waals surface area contributed by atoms with E-state index in [1.54, 1.807) is 38.3 Å². The first-order valence-corrected chi connectivity index (χ1v) is 7.03. The van der Waals surface area contributed by atoms with Gasteiger partial charge in [0.05, 0.1) is 12.7 Å². The first kappa shape index (κ1) is 15.0. The molecule has 20 heavy (non-hydrogen) atoms. The summed E-state index contributed by atoms with van der Waals surface area (Å²) in [4.78, 5) is 0. The first-order valence-electron chi connectivity index (χ1n) is 6.24. The van der Waals surface area contributed by atoms with Gasteiger partial charge in [-0.25, -0.2) is 4.39 Å². The number of methoxy groups -OCH3 is 1. The summed E-state index contributed by atoms with van der Waals surface area (Å²) in [5.74, 6) is 0.260. The van der Waals surface area contributed by atoms with Crippen molar-refractivity contribution in [2.45, 2.75) is 18.9 Å². The van der Waals surface area contributed by atoms with Crippen molar-refractivity contribution in [3.05, 3.63) is 63.9 Å². The molecule has 0 fully saturated rings. The Morgan fingerprint density at radius 2 is 1.95 bits per heavy atom. The number of para-hydroxylation sites is 1. The lowest BCUT2D eigenvalue weighted by Crippen LogP contribution is -2.25. The normalized spacial score (nSPS) is 13.8. The number of rotatable bonds is 4. The fourth-order valence-corrected chi connectivity index (χ4v) is 2.64. The number of halogens is 2. The molecular formula is C16H16BrFO2. The summed E-state index contributed by atoms with van der Waals surface area (Å²) in [5.41, 5.74) is -0.119. The molecule has 2 rings (SSSR count). The average molecular weight is 339 g/mol. The second-order valence-corrected chi connectivity index (χ2v) is 5.80. The summed E-state index contributed by atoms with van der Waals surface area (Å²) in [6.45, 7) is 1.66. The second kappa shape index (κ2) is 5.94. The quantitative estimate of drug-likeness (QED) is 0.911. The molecule has 0 amide bonds. The van der Waals surface area contributed by atoms with Crippen molar-refractivity contribution in [3.8, 4) is 5.75 Å². The van der Waals surface area contributed by atoms with E-state index >= 15 is 0 Å². The van der Waals surface area contributed by atoms with Gasteiger partial charge in [-0.1, -0.05) is 34.1 Å². The van der Waals surface area contributed by atoms with Gasteiger partial charge in [-0.2, -0.15) is 0 Å². The Morgan fingerprint density at radius 1 is 1.25 bits per heavy atom. The topological polar surface area (TPSA) is 29.5 Å². The van der Waals surface area contributed by atoms with Crippen LogP contribution in [0.3, 0.4) is 0 Å². The zero-order chi connectivity index (χ0) is 14.8. The van der Waals surface area contributed by atoms with Crippen LogP contribution in [0.25, 0.3) is 0 Å². The highest BCUT2D eigenvalue weighted by Gasteiger charge is 2.28. The lowest BCUT2D eigenvalue weighted by molar-refractivity contribution is 0.0540. The Morgan fingerprint density at radius 3 is 2.65 bits per heavy atom. The monoisotopic (exact) mass is 338 g/mol. The van der Waals surface area contributed by atoms with E-state index in [0.29, 0.717) is 16.9 Å². The lowest BCUT2D eigenvalue weighted by Gasteiger charge is -2.26. The maximum absolute atomic E-state index is 13.8. The molecule has 2 aromatic rings. The molecule has 0 saturated heterocycles. The van der Waals surface area contributed by atoms with Crippen molar-refractivity contribution in [3.63, 3.8) is 0 Å². The van der Waals surface area contributed by atoms with E-state index in [4.69, 9.17) is 4.74 Å². The summed E-state index contributed by atoms with van der Waals surface area (Å²) < 4.78 is 19.9. The van der Waals surface area contributed by atoms with E-state index in [1.807, 2.05) is 12.1 Å². The smallest absolute Gasteiger partial charge is 0.126 e. The largest absolute Gasteiger partial charge is 0.496 e. The van der Waals surface area contributed by atoms with Crippen LogP contribution in [-0.4, -0.2) is 12.2 Å². The van der Waals surface area contributed by atoms with Gasteiger partial charge < -0.3 is 9.84 Å². The molecule has 2 aromatic carbocycles. The molecule has 1 N–H and O–H groups in total. The standard InChI is InChI=1S/C16H16BrFO2/c1-16(19,13-5-3-4-6-15(13)20-2)10-11-9-12(17)7-8-14(11)18/h3-9,19H,10H2,1-2H3. The number of hydrogen-bond acceptors (Lipinski definition) is 2. The molecule has 0 aliphatic heterocycles. The van der Waals surface area contributed by atoms with Gasteiger partial charge in [0, 0.05) is 16.5 Å². The van der Waals surface area contributed by atoms with E-state index in [2.05, 4.69) is 15.9 Å². The van der Waals surface area contributed by atoms with E-state index in [-0.39, 0.29) is 12.2 Å². The maximum atomic E-state index is 13.8. The molecule has 4 heteroatoms. The van der Waals surface area contributed by atoms with Crippen molar-refractivity contribution >= 4 is 15.9 Å². The minimum absolute atomic E-state index is 0.165. The molecule has 0 bridgehead atoms. The molecule has 0 aliphatic carbocycles. The van der Waals surface area contributed by atoms with Gasteiger partial charge in [-0.05, 0) is 36.8 Å². The van der Waals surface area contributed by atoms with Crippen molar-refractivity contribution in [2.75, 3.05) is 7.11 Å². The van der Waals surface area contributed by atoms with Crippen LogP contribution in [0, 0.1) is 5.82 Å². The summed E-state index contributed by atoms with van der Waals surface area (Å²) >= 11 is 3.32. The SMILES string of the molecule is COc1ccccc1C(C)(O)Cc1cc(Br)ccc1F. The molecule has 0 spiro atoms. The molecule has 2 nitrogen and oxygen atoms in total.